The number of nitrogen functional groups attached to an aromatic ring is 1. The van der Waals surface area contributed by atoms with Crippen molar-refractivity contribution in [1.29, 1.82) is 0 Å². The fourth-order valence-corrected chi connectivity index (χ4v) is 1.11. The maximum atomic E-state index is 11.4. The summed E-state index contributed by atoms with van der Waals surface area (Å²) >= 11 is 0. The fraction of sp³-hybridized carbons (Fsp3) is 0.286. The van der Waals surface area contributed by atoms with Crippen LogP contribution >= 0.6 is 0 Å². The number of carbonyl (C=O) groups is 1. The molecule has 0 aliphatic carbocycles. The number of carbonyl (C=O) groups excluding carboxylic acids is 1. The number of amides is 1. The largest absolute Gasteiger partial charge is 0.384 e. The minimum atomic E-state index is -0.201. The summed E-state index contributed by atoms with van der Waals surface area (Å²) in [6.07, 6.45) is 2.93. The molecule has 9 heteroatoms. The van der Waals surface area contributed by atoms with Crippen molar-refractivity contribution < 1.29 is 4.79 Å². The van der Waals surface area contributed by atoms with Gasteiger partial charge in [-0.2, -0.15) is 5.10 Å². The molecule has 0 aromatic carbocycles. The Morgan fingerprint density at radius 2 is 2.50 bits per heavy atom. The molecule has 4 N–H and O–H groups in total. The molecule has 0 aliphatic heterocycles. The third-order valence-corrected chi connectivity index (χ3v) is 1.92. The average molecular weight is 222 g/mol. The summed E-state index contributed by atoms with van der Waals surface area (Å²) < 4.78 is 1.33. The van der Waals surface area contributed by atoms with Crippen molar-refractivity contribution in [3.05, 3.63) is 18.1 Å². The molecule has 0 atom stereocenters. The predicted molar refractivity (Wildman–Crippen MR) is 52.7 cm³/mol. The highest BCUT2D eigenvalue weighted by Gasteiger charge is 2.05. The van der Waals surface area contributed by atoms with E-state index in [4.69, 9.17) is 5.73 Å². The van der Waals surface area contributed by atoms with Gasteiger partial charge in [-0.25, -0.2) is 4.68 Å². The number of nitrogens with zero attached hydrogens (tertiary/aromatic N) is 5. The molecule has 0 spiro atoms. The van der Waals surface area contributed by atoms with Gasteiger partial charge in [-0.1, -0.05) is 0 Å². The zero-order valence-corrected chi connectivity index (χ0v) is 8.29. The van der Waals surface area contributed by atoms with Gasteiger partial charge in [0.05, 0.1) is 6.20 Å². The molecular weight excluding hydrogens is 212 g/mol. The highest BCUT2D eigenvalue weighted by molar-refractivity contribution is 5.75. The molecule has 0 fully saturated rings. The van der Waals surface area contributed by atoms with Gasteiger partial charge in [0, 0.05) is 12.1 Å². The fourth-order valence-electron chi connectivity index (χ4n) is 1.11. The summed E-state index contributed by atoms with van der Waals surface area (Å²) in [5.41, 5.74) is 6.30. The number of nitrogens with one attached hydrogen (secondary N) is 2. The van der Waals surface area contributed by atoms with Crippen molar-refractivity contribution in [3.63, 3.8) is 0 Å². The lowest BCUT2D eigenvalue weighted by Crippen LogP contribution is -2.27. The first kappa shape index (κ1) is 10.1. The SMILES string of the molecule is Nc1[nH]ncc1CNC(=O)Cn1cnnn1. The molecule has 0 bridgehead atoms. The Kier molecular flexibility index (Phi) is 2.76. The Labute approximate surface area is 90.0 Å². The molecule has 2 aromatic heterocycles. The number of aromatic amines is 1. The monoisotopic (exact) mass is 222 g/mol. The number of H-pyrrole nitrogens is 1. The van der Waals surface area contributed by atoms with E-state index in [9.17, 15) is 4.79 Å². The normalized spacial score (nSPS) is 10.2. The van der Waals surface area contributed by atoms with E-state index in [1.807, 2.05) is 0 Å². The zero-order chi connectivity index (χ0) is 11.4. The Bertz CT molecular complexity index is 460. The third kappa shape index (κ3) is 2.32. The van der Waals surface area contributed by atoms with Gasteiger partial charge in [0.1, 0.15) is 18.7 Å². The molecular formula is C7H10N8O. The molecule has 84 valence electrons. The van der Waals surface area contributed by atoms with E-state index < -0.39 is 0 Å². The standard InChI is InChI=1S/C7H10N8O/c8-7-5(2-10-12-7)1-9-6(16)3-15-4-11-13-14-15/h2,4H,1,3H2,(H,9,16)(H3,8,10,12). The molecule has 0 saturated heterocycles. The van der Waals surface area contributed by atoms with Crippen LogP contribution in [0.3, 0.4) is 0 Å². The summed E-state index contributed by atoms with van der Waals surface area (Å²) in [4.78, 5) is 11.4. The minimum absolute atomic E-state index is 0.0742. The van der Waals surface area contributed by atoms with Gasteiger partial charge in [0.15, 0.2) is 0 Å². The lowest BCUT2D eigenvalue weighted by molar-refractivity contribution is -0.122. The second-order valence-electron chi connectivity index (χ2n) is 3.09. The third-order valence-electron chi connectivity index (χ3n) is 1.92. The van der Waals surface area contributed by atoms with E-state index in [0.717, 1.165) is 5.56 Å². The van der Waals surface area contributed by atoms with Gasteiger partial charge in [-0.3, -0.25) is 9.89 Å². The first-order chi connectivity index (χ1) is 7.75. The van der Waals surface area contributed by atoms with Gasteiger partial charge in [-0.15, -0.1) is 5.10 Å². The van der Waals surface area contributed by atoms with E-state index in [0.29, 0.717) is 12.4 Å². The molecule has 0 radical (unpaired) electrons. The van der Waals surface area contributed by atoms with Crippen LogP contribution in [0.1, 0.15) is 5.56 Å². The van der Waals surface area contributed by atoms with Crippen LogP contribution in [-0.4, -0.2) is 36.3 Å². The second kappa shape index (κ2) is 4.38. The van der Waals surface area contributed by atoms with Crippen molar-refractivity contribution in [3.8, 4) is 0 Å². The smallest absolute Gasteiger partial charge is 0.242 e. The topological polar surface area (TPSA) is 127 Å². The molecule has 0 unspecified atom stereocenters. The molecule has 16 heavy (non-hydrogen) atoms. The first-order valence-corrected chi connectivity index (χ1v) is 4.51. The Morgan fingerprint density at radius 1 is 1.62 bits per heavy atom. The van der Waals surface area contributed by atoms with Gasteiger partial charge in [0.25, 0.3) is 0 Å². The summed E-state index contributed by atoms with van der Waals surface area (Å²) in [6, 6.07) is 0. The lowest BCUT2D eigenvalue weighted by atomic mass is 10.3. The quantitative estimate of drug-likeness (QED) is 0.565. The first-order valence-electron chi connectivity index (χ1n) is 4.51. The van der Waals surface area contributed by atoms with E-state index in [1.165, 1.54) is 11.0 Å². The number of nitrogens with two attached hydrogens (primary N) is 1. The van der Waals surface area contributed by atoms with Crippen LogP contribution < -0.4 is 11.1 Å². The van der Waals surface area contributed by atoms with Gasteiger partial charge in [0.2, 0.25) is 5.91 Å². The predicted octanol–water partition coefficient (Wildman–Crippen LogP) is -1.71. The Balaban J connectivity index is 1.82. The Hall–Kier alpha value is -2.45. The van der Waals surface area contributed by atoms with E-state index in [-0.39, 0.29) is 12.5 Å². The highest BCUT2D eigenvalue weighted by atomic mass is 16.2. The van der Waals surface area contributed by atoms with Crippen LogP contribution in [0.5, 0.6) is 0 Å². The number of hydrogen-bond donors (Lipinski definition) is 3. The van der Waals surface area contributed by atoms with Gasteiger partial charge >= 0.3 is 0 Å². The van der Waals surface area contributed by atoms with Crippen LogP contribution in [0.25, 0.3) is 0 Å². The zero-order valence-electron chi connectivity index (χ0n) is 8.29. The van der Waals surface area contributed by atoms with Crippen molar-refractivity contribution in [1.82, 2.24) is 35.7 Å². The number of rotatable bonds is 4. The minimum Gasteiger partial charge on any atom is -0.384 e. The molecule has 1 amide bonds. The van der Waals surface area contributed by atoms with Crippen LogP contribution in [0.15, 0.2) is 12.5 Å². The van der Waals surface area contributed by atoms with E-state index >= 15 is 0 Å². The average Bonchev–Trinajstić information content (AvgIpc) is 2.87. The molecule has 2 rings (SSSR count). The van der Waals surface area contributed by atoms with Crippen molar-refractivity contribution in [2.45, 2.75) is 13.1 Å². The summed E-state index contributed by atoms with van der Waals surface area (Å²) in [5.74, 6) is 0.246. The van der Waals surface area contributed by atoms with Crippen LogP contribution in [0, 0.1) is 0 Å². The second-order valence-corrected chi connectivity index (χ2v) is 3.09. The van der Waals surface area contributed by atoms with Crippen LogP contribution in [0.2, 0.25) is 0 Å². The maximum absolute atomic E-state index is 11.4. The molecule has 2 heterocycles. The summed E-state index contributed by atoms with van der Waals surface area (Å²) in [5, 5.41) is 19.4. The van der Waals surface area contributed by atoms with Crippen LogP contribution in [0.4, 0.5) is 5.82 Å². The Morgan fingerprint density at radius 3 is 3.12 bits per heavy atom. The maximum Gasteiger partial charge on any atom is 0.242 e. The van der Waals surface area contributed by atoms with Crippen molar-refractivity contribution >= 4 is 11.7 Å². The molecule has 2 aromatic rings. The van der Waals surface area contributed by atoms with Gasteiger partial charge in [-0.05, 0) is 10.4 Å². The van der Waals surface area contributed by atoms with E-state index in [1.54, 1.807) is 6.20 Å². The van der Waals surface area contributed by atoms with E-state index in [2.05, 4.69) is 31.0 Å². The lowest BCUT2D eigenvalue weighted by Gasteiger charge is -2.03. The molecule has 9 nitrogen and oxygen atoms in total. The summed E-state index contributed by atoms with van der Waals surface area (Å²) in [6.45, 7) is 0.397. The number of tetrazole rings is 1. The summed E-state index contributed by atoms with van der Waals surface area (Å²) in [7, 11) is 0. The van der Waals surface area contributed by atoms with Gasteiger partial charge < -0.3 is 11.1 Å². The van der Waals surface area contributed by atoms with Crippen molar-refractivity contribution in [2.24, 2.45) is 0 Å². The molecule has 0 aliphatic rings. The molecule has 0 saturated carbocycles. The number of hydrogen-bond acceptors (Lipinski definition) is 6. The van der Waals surface area contributed by atoms with Crippen LogP contribution in [-0.2, 0) is 17.9 Å². The van der Waals surface area contributed by atoms with Crippen molar-refractivity contribution in [2.75, 3.05) is 5.73 Å². The number of anilines is 1. The number of aromatic nitrogens is 6. The highest BCUT2D eigenvalue weighted by Crippen LogP contribution is 2.04.